The van der Waals surface area contributed by atoms with Gasteiger partial charge in [-0.1, -0.05) is 22.4 Å². The van der Waals surface area contributed by atoms with Crippen molar-refractivity contribution in [1.29, 1.82) is 0 Å². The van der Waals surface area contributed by atoms with Crippen molar-refractivity contribution in [2.45, 2.75) is 63.8 Å². The van der Waals surface area contributed by atoms with Gasteiger partial charge in [0, 0.05) is 29.2 Å². The molecule has 0 amide bonds. The molecule has 4 heteroatoms. The number of aryl methyl sites for hydroxylation is 1. The maximum absolute atomic E-state index is 4.69. The molecule has 0 N–H and O–H groups in total. The Labute approximate surface area is 130 Å². The molecule has 0 aromatic carbocycles. The van der Waals surface area contributed by atoms with Crippen molar-refractivity contribution in [3.8, 4) is 0 Å². The Balaban J connectivity index is 1.89. The Bertz CT molecular complexity index is 445. The Hall–Kier alpha value is -0.640. The van der Waals surface area contributed by atoms with Crippen molar-refractivity contribution in [3.05, 3.63) is 17.6 Å². The lowest BCUT2D eigenvalue weighted by Gasteiger charge is -2.39. The molecule has 1 saturated carbocycles. The summed E-state index contributed by atoms with van der Waals surface area (Å²) in [5.41, 5.74) is 2.77. The minimum Gasteiger partial charge on any atom is -0.353 e. The molecule has 2 aliphatic rings. The third-order valence-corrected chi connectivity index (χ3v) is 5.23. The van der Waals surface area contributed by atoms with Gasteiger partial charge in [0.05, 0.1) is 0 Å². The van der Waals surface area contributed by atoms with E-state index in [1.165, 1.54) is 68.4 Å². The van der Waals surface area contributed by atoms with Crippen LogP contribution in [0.25, 0.3) is 0 Å². The average molecular weight is 338 g/mol. The summed E-state index contributed by atoms with van der Waals surface area (Å²) in [6.45, 7) is 1.12. The predicted octanol–water partition coefficient (Wildman–Crippen LogP) is 3.89. The molecule has 20 heavy (non-hydrogen) atoms. The number of hydrogen-bond acceptors (Lipinski definition) is 3. The number of hydrogen-bond donors (Lipinski definition) is 0. The number of alkyl halides is 1. The van der Waals surface area contributed by atoms with E-state index in [9.17, 15) is 0 Å². The second-order valence-electron chi connectivity index (χ2n) is 6.00. The molecule has 3 rings (SSSR count). The largest absolute Gasteiger partial charge is 0.353 e. The van der Waals surface area contributed by atoms with Crippen LogP contribution in [0.4, 0.5) is 5.82 Å². The number of aromatic nitrogens is 2. The van der Waals surface area contributed by atoms with Crippen LogP contribution in [0, 0.1) is 0 Å². The highest BCUT2D eigenvalue weighted by Crippen LogP contribution is 2.33. The fraction of sp³-hybridized carbons (Fsp3) is 0.750. The summed E-state index contributed by atoms with van der Waals surface area (Å²) in [7, 11) is 0. The third kappa shape index (κ3) is 3.00. The molecular formula is C16H24BrN3. The Morgan fingerprint density at radius 3 is 2.70 bits per heavy atom. The summed E-state index contributed by atoms with van der Waals surface area (Å²) in [5, 5.41) is 1.07. The zero-order valence-corrected chi connectivity index (χ0v) is 13.7. The highest BCUT2D eigenvalue weighted by Gasteiger charge is 2.28. The van der Waals surface area contributed by atoms with Gasteiger partial charge in [0.25, 0.3) is 0 Å². The van der Waals surface area contributed by atoms with E-state index in [1.807, 2.05) is 0 Å². The first-order chi connectivity index (χ1) is 9.90. The molecule has 2 aliphatic carbocycles. The van der Waals surface area contributed by atoms with Crippen molar-refractivity contribution in [1.82, 2.24) is 9.97 Å². The van der Waals surface area contributed by atoms with Crippen LogP contribution in [-0.2, 0) is 12.8 Å². The van der Waals surface area contributed by atoms with Crippen molar-refractivity contribution in [2.75, 3.05) is 16.8 Å². The van der Waals surface area contributed by atoms with E-state index in [2.05, 4.69) is 30.8 Å². The normalized spacial score (nSPS) is 19.1. The van der Waals surface area contributed by atoms with E-state index >= 15 is 0 Å². The highest BCUT2D eigenvalue weighted by molar-refractivity contribution is 9.09. The molecule has 0 spiro atoms. The lowest BCUT2D eigenvalue weighted by Crippen LogP contribution is -2.42. The smallest absolute Gasteiger partial charge is 0.135 e. The van der Waals surface area contributed by atoms with Gasteiger partial charge in [-0.2, -0.15) is 0 Å². The quantitative estimate of drug-likeness (QED) is 0.602. The van der Waals surface area contributed by atoms with Gasteiger partial charge in [-0.3, -0.25) is 0 Å². The molecule has 3 nitrogen and oxygen atoms in total. The van der Waals surface area contributed by atoms with Gasteiger partial charge >= 0.3 is 0 Å². The number of halogens is 1. The van der Waals surface area contributed by atoms with Gasteiger partial charge in [0.2, 0.25) is 0 Å². The zero-order chi connectivity index (χ0) is 13.8. The van der Waals surface area contributed by atoms with E-state index in [4.69, 9.17) is 0 Å². The first-order valence-electron chi connectivity index (χ1n) is 8.05. The SMILES string of the molecule is BrCCCN(c1ncnc2c1CCCCC2)C1CCC1. The molecule has 1 aromatic heterocycles. The molecule has 110 valence electrons. The molecule has 0 bridgehead atoms. The van der Waals surface area contributed by atoms with Gasteiger partial charge in [-0.05, 0) is 51.4 Å². The molecule has 0 aliphatic heterocycles. The van der Waals surface area contributed by atoms with Crippen molar-refractivity contribution < 1.29 is 0 Å². The average Bonchev–Trinajstić information content (AvgIpc) is 2.66. The number of fused-ring (bicyclic) bond motifs is 1. The molecule has 0 unspecified atom stereocenters. The van der Waals surface area contributed by atoms with Crippen LogP contribution in [0.5, 0.6) is 0 Å². The van der Waals surface area contributed by atoms with Gasteiger partial charge in [0.1, 0.15) is 12.1 Å². The fourth-order valence-electron chi connectivity index (χ4n) is 3.32. The second-order valence-corrected chi connectivity index (χ2v) is 6.80. The van der Waals surface area contributed by atoms with E-state index in [1.54, 1.807) is 6.33 Å². The Morgan fingerprint density at radius 2 is 1.95 bits per heavy atom. The number of anilines is 1. The highest BCUT2D eigenvalue weighted by atomic mass is 79.9. The summed E-state index contributed by atoms with van der Waals surface area (Å²) in [4.78, 5) is 11.8. The first-order valence-corrected chi connectivity index (χ1v) is 9.17. The van der Waals surface area contributed by atoms with Crippen molar-refractivity contribution >= 4 is 21.7 Å². The van der Waals surface area contributed by atoms with Gasteiger partial charge in [0.15, 0.2) is 0 Å². The van der Waals surface area contributed by atoms with Gasteiger partial charge in [-0.15, -0.1) is 0 Å². The lowest BCUT2D eigenvalue weighted by molar-refractivity contribution is 0.383. The van der Waals surface area contributed by atoms with E-state index in [0.29, 0.717) is 0 Å². The predicted molar refractivity (Wildman–Crippen MR) is 86.7 cm³/mol. The van der Waals surface area contributed by atoms with Crippen molar-refractivity contribution in [3.63, 3.8) is 0 Å². The summed E-state index contributed by atoms with van der Waals surface area (Å²) in [6, 6.07) is 0.719. The number of nitrogens with zero attached hydrogens (tertiary/aromatic N) is 3. The van der Waals surface area contributed by atoms with Gasteiger partial charge < -0.3 is 4.90 Å². The van der Waals surface area contributed by atoms with Crippen LogP contribution in [0.15, 0.2) is 6.33 Å². The van der Waals surface area contributed by atoms with Crippen LogP contribution in [0.1, 0.15) is 56.2 Å². The molecule has 0 saturated heterocycles. The lowest BCUT2D eigenvalue weighted by atomic mass is 9.90. The monoisotopic (exact) mass is 337 g/mol. The summed E-state index contributed by atoms with van der Waals surface area (Å²) >= 11 is 3.57. The van der Waals surface area contributed by atoms with Crippen molar-refractivity contribution in [2.24, 2.45) is 0 Å². The molecule has 1 aromatic rings. The molecule has 1 heterocycles. The Kier molecular flexibility index (Phi) is 4.92. The molecule has 0 radical (unpaired) electrons. The van der Waals surface area contributed by atoms with Gasteiger partial charge in [-0.25, -0.2) is 9.97 Å². The topological polar surface area (TPSA) is 29.0 Å². The Morgan fingerprint density at radius 1 is 1.10 bits per heavy atom. The van der Waals surface area contributed by atoms with Crippen LogP contribution >= 0.6 is 15.9 Å². The zero-order valence-electron chi connectivity index (χ0n) is 12.2. The number of rotatable bonds is 5. The summed E-state index contributed by atoms with van der Waals surface area (Å²) < 4.78 is 0. The minimum absolute atomic E-state index is 0.719. The maximum atomic E-state index is 4.69. The van der Waals surface area contributed by atoms with Crippen LogP contribution < -0.4 is 4.90 Å². The standard InChI is InChI=1S/C16H24BrN3/c17-10-5-11-20(13-6-4-7-13)16-14-8-2-1-3-9-15(14)18-12-19-16/h12-13H,1-11H2. The second kappa shape index (κ2) is 6.88. The third-order valence-electron chi connectivity index (χ3n) is 4.67. The summed E-state index contributed by atoms with van der Waals surface area (Å²) in [6.07, 6.45) is 13.3. The molecule has 1 fully saturated rings. The minimum atomic E-state index is 0.719. The molecule has 0 atom stereocenters. The van der Waals surface area contributed by atoms with E-state index in [0.717, 1.165) is 24.3 Å². The van der Waals surface area contributed by atoms with E-state index in [-0.39, 0.29) is 0 Å². The van der Waals surface area contributed by atoms with E-state index < -0.39 is 0 Å². The van der Waals surface area contributed by atoms with Crippen LogP contribution in [0.3, 0.4) is 0 Å². The first kappa shape index (κ1) is 14.3. The van der Waals surface area contributed by atoms with Crippen LogP contribution in [-0.4, -0.2) is 27.9 Å². The maximum Gasteiger partial charge on any atom is 0.135 e. The van der Waals surface area contributed by atoms with Crippen LogP contribution in [0.2, 0.25) is 0 Å². The summed E-state index contributed by atoms with van der Waals surface area (Å²) in [5.74, 6) is 1.25. The molecular weight excluding hydrogens is 314 g/mol. The fourth-order valence-corrected chi connectivity index (χ4v) is 3.57.